The van der Waals surface area contributed by atoms with Crippen molar-refractivity contribution in [2.75, 3.05) is 11.7 Å². The lowest BCUT2D eigenvalue weighted by molar-refractivity contribution is -0.136. The minimum Gasteiger partial charge on any atom is -0.481 e. The fourth-order valence-corrected chi connectivity index (χ4v) is 1.54. The van der Waals surface area contributed by atoms with E-state index < -0.39 is 5.97 Å². The topological polar surface area (TPSA) is 66.8 Å². The first-order chi connectivity index (χ1) is 7.66. The van der Waals surface area contributed by atoms with Crippen molar-refractivity contribution in [1.82, 2.24) is 0 Å². The van der Waals surface area contributed by atoms with E-state index in [1.807, 2.05) is 0 Å². The molecular formula is C11H11NO4. The molecule has 0 aliphatic carbocycles. The Balaban J connectivity index is 2.12. The number of carbonyl (C=O) groups is 2. The lowest BCUT2D eigenvalue weighted by Gasteiger charge is -2.13. The number of anilines is 1. The highest BCUT2D eigenvalue weighted by Gasteiger charge is 2.22. The molecule has 0 atom stereocenters. The minimum atomic E-state index is -0.874. The third kappa shape index (κ3) is 2.20. The Morgan fingerprint density at radius 2 is 2.06 bits per heavy atom. The molecule has 0 unspecified atom stereocenters. The molecule has 84 valence electrons. The molecule has 1 aliphatic rings. The number of amides is 1. The number of carboxylic acid groups (broad SMARTS) is 1. The molecule has 0 saturated carbocycles. The maximum absolute atomic E-state index is 11.3. The number of carboxylic acids is 1. The van der Waals surface area contributed by atoms with E-state index in [-0.39, 0.29) is 12.3 Å². The number of hydrogen-bond donors (Lipinski definition) is 1. The van der Waals surface area contributed by atoms with Gasteiger partial charge in [-0.05, 0) is 17.7 Å². The van der Waals surface area contributed by atoms with Crippen molar-refractivity contribution < 1.29 is 19.5 Å². The van der Waals surface area contributed by atoms with Crippen molar-refractivity contribution >= 4 is 17.6 Å². The van der Waals surface area contributed by atoms with Crippen LogP contribution in [0.1, 0.15) is 12.0 Å². The second-order valence-electron chi connectivity index (χ2n) is 3.51. The molecule has 1 heterocycles. The summed E-state index contributed by atoms with van der Waals surface area (Å²) < 4.78 is 0. The van der Waals surface area contributed by atoms with Gasteiger partial charge in [-0.15, -0.1) is 0 Å². The van der Waals surface area contributed by atoms with Gasteiger partial charge in [-0.3, -0.25) is 14.4 Å². The lowest BCUT2D eigenvalue weighted by Crippen LogP contribution is -2.22. The first-order valence-corrected chi connectivity index (χ1v) is 4.93. The van der Waals surface area contributed by atoms with E-state index in [2.05, 4.69) is 0 Å². The van der Waals surface area contributed by atoms with Crippen LogP contribution in [0.5, 0.6) is 0 Å². The highest BCUT2D eigenvalue weighted by atomic mass is 16.7. The molecule has 1 aromatic carbocycles. The van der Waals surface area contributed by atoms with E-state index in [1.165, 1.54) is 5.06 Å². The average molecular weight is 221 g/mol. The zero-order valence-electron chi connectivity index (χ0n) is 8.55. The van der Waals surface area contributed by atoms with Gasteiger partial charge in [0.05, 0.1) is 25.1 Å². The summed E-state index contributed by atoms with van der Waals surface area (Å²) in [5.74, 6) is -0.952. The van der Waals surface area contributed by atoms with Crippen LogP contribution in [-0.4, -0.2) is 23.6 Å². The van der Waals surface area contributed by atoms with E-state index in [9.17, 15) is 9.59 Å². The van der Waals surface area contributed by atoms with E-state index >= 15 is 0 Å². The van der Waals surface area contributed by atoms with Gasteiger partial charge in [0.25, 0.3) is 5.91 Å². The monoisotopic (exact) mass is 221 g/mol. The van der Waals surface area contributed by atoms with E-state index in [0.717, 1.165) is 0 Å². The summed E-state index contributed by atoms with van der Waals surface area (Å²) in [5, 5.41) is 9.84. The first kappa shape index (κ1) is 10.6. The molecule has 1 saturated heterocycles. The maximum atomic E-state index is 11.3. The van der Waals surface area contributed by atoms with Gasteiger partial charge in [0.2, 0.25) is 0 Å². The van der Waals surface area contributed by atoms with Crippen LogP contribution in [0.2, 0.25) is 0 Å². The Labute approximate surface area is 92.2 Å². The largest absolute Gasteiger partial charge is 0.481 e. The Kier molecular flexibility index (Phi) is 2.87. The number of benzene rings is 1. The summed E-state index contributed by atoms with van der Waals surface area (Å²) in [6, 6.07) is 6.72. The van der Waals surface area contributed by atoms with Gasteiger partial charge in [0, 0.05) is 0 Å². The van der Waals surface area contributed by atoms with Gasteiger partial charge < -0.3 is 5.11 Å². The SMILES string of the molecule is O=C(O)Cc1ccc(N2OCCC2=O)cc1. The average Bonchev–Trinajstić information content (AvgIpc) is 2.65. The molecule has 5 nitrogen and oxygen atoms in total. The number of rotatable bonds is 3. The summed E-state index contributed by atoms with van der Waals surface area (Å²) in [6.07, 6.45) is 0.367. The Morgan fingerprint density at radius 1 is 1.38 bits per heavy atom. The van der Waals surface area contributed by atoms with Gasteiger partial charge in [0.1, 0.15) is 0 Å². The Morgan fingerprint density at radius 3 is 2.56 bits per heavy atom. The van der Waals surface area contributed by atoms with E-state index in [0.29, 0.717) is 24.3 Å². The van der Waals surface area contributed by atoms with Gasteiger partial charge in [-0.2, -0.15) is 5.06 Å². The predicted octanol–water partition coefficient (Wildman–Crippen LogP) is 0.982. The van der Waals surface area contributed by atoms with Gasteiger partial charge in [0.15, 0.2) is 0 Å². The molecule has 2 rings (SSSR count). The third-order valence-corrected chi connectivity index (χ3v) is 2.29. The zero-order valence-corrected chi connectivity index (χ0v) is 8.55. The number of aliphatic carboxylic acids is 1. The third-order valence-electron chi connectivity index (χ3n) is 2.29. The number of nitrogens with zero attached hydrogens (tertiary/aromatic N) is 1. The molecule has 1 amide bonds. The van der Waals surface area contributed by atoms with Gasteiger partial charge >= 0.3 is 5.97 Å². The Hall–Kier alpha value is -1.88. The van der Waals surface area contributed by atoms with Crippen LogP contribution in [0.15, 0.2) is 24.3 Å². The van der Waals surface area contributed by atoms with Crippen LogP contribution >= 0.6 is 0 Å². The summed E-state index contributed by atoms with van der Waals surface area (Å²) in [7, 11) is 0. The highest BCUT2D eigenvalue weighted by Crippen LogP contribution is 2.20. The van der Waals surface area contributed by atoms with Crippen molar-refractivity contribution in [3.05, 3.63) is 29.8 Å². The smallest absolute Gasteiger partial charge is 0.307 e. The summed E-state index contributed by atoms with van der Waals surface area (Å²) in [6.45, 7) is 0.399. The predicted molar refractivity (Wildman–Crippen MR) is 55.8 cm³/mol. The van der Waals surface area contributed by atoms with Crippen LogP contribution in [0.25, 0.3) is 0 Å². The van der Waals surface area contributed by atoms with Crippen molar-refractivity contribution in [3.63, 3.8) is 0 Å². The number of hydroxylamine groups is 1. The fourth-order valence-electron chi connectivity index (χ4n) is 1.54. The van der Waals surface area contributed by atoms with Crippen LogP contribution in [-0.2, 0) is 20.8 Å². The molecule has 16 heavy (non-hydrogen) atoms. The number of hydrogen-bond acceptors (Lipinski definition) is 3. The van der Waals surface area contributed by atoms with Crippen molar-refractivity contribution in [2.24, 2.45) is 0 Å². The van der Waals surface area contributed by atoms with Crippen molar-refractivity contribution in [3.8, 4) is 0 Å². The van der Waals surface area contributed by atoms with Crippen molar-refractivity contribution in [1.29, 1.82) is 0 Å². The van der Waals surface area contributed by atoms with Crippen LogP contribution in [0.3, 0.4) is 0 Å². The highest BCUT2D eigenvalue weighted by molar-refractivity contribution is 5.92. The van der Waals surface area contributed by atoms with Crippen LogP contribution in [0, 0.1) is 0 Å². The maximum Gasteiger partial charge on any atom is 0.307 e. The molecule has 1 fully saturated rings. The van der Waals surface area contributed by atoms with Gasteiger partial charge in [-0.1, -0.05) is 12.1 Å². The second kappa shape index (κ2) is 4.32. The Bertz CT molecular complexity index is 412. The zero-order chi connectivity index (χ0) is 11.5. The molecule has 5 heteroatoms. The molecule has 1 aliphatic heterocycles. The standard InChI is InChI=1S/C11H11NO4/c13-10-5-6-16-12(10)9-3-1-8(2-4-9)7-11(14)15/h1-4H,5-7H2,(H,14,15). The summed E-state index contributed by atoms with van der Waals surface area (Å²) >= 11 is 0. The molecule has 0 bridgehead atoms. The molecule has 1 aromatic rings. The normalized spacial score (nSPS) is 15.5. The summed E-state index contributed by atoms with van der Waals surface area (Å²) in [4.78, 5) is 27.0. The van der Waals surface area contributed by atoms with E-state index in [4.69, 9.17) is 9.94 Å². The molecular weight excluding hydrogens is 210 g/mol. The van der Waals surface area contributed by atoms with Crippen molar-refractivity contribution in [2.45, 2.75) is 12.8 Å². The lowest BCUT2D eigenvalue weighted by atomic mass is 10.1. The molecule has 0 aromatic heterocycles. The quantitative estimate of drug-likeness (QED) is 0.826. The first-order valence-electron chi connectivity index (χ1n) is 4.93. The fraction of sp³-hybridized carbons (Fsp3) is 0.273. The summed E-state index contributed by atoms with van der Waals surface area (Å²) in [5.41, 5.74) is 1.33. The van der Waals surface area contributed by atoms with E-state index in [1.54, 1.807) is 24.3 Å². The number of carbonyl (C=O) groups excluding carboxylic acids is 1. The van der Waals surface area contributed by atoms with Crippen LogP contribution in [0.4, 0.5) is 5.69 Å². The van der Waals surface area contributed by atoms with Gasteiger partial charge in [-0.25, -0.2) is 0 Å². The second-order valence-corrected chi connectivity index (χ2v) is 3.51. The molecule has 0 radical (unpaired) electrons. The van der Waals surface area contributed by atoms with Crippen LogP contribution < -0.4 is 5.06 Å². The molecule has 1 N–H and O–H groups in total. The molecule has 0 spiro atoms. The minimum absolute atomic E-state index is 0.0188.